The Labute approximate surface area is 76.8 Å². The Hall–Kier alpha value is -0.770. The van der Waals surface area contributed by atoms with Crippen molar-refractivity contribution in [1.29, 1.82) is 0 Å². The molecule has 2 N–H and O–H groups in total. The highest BCUT2D eigenvalue weighted by Gasteiger charge is 2.02. The predicted octanol–water partition coefficient (Wildman–Crippen LogP) is 1.87. The van der Waals surface area contributed by atoms with Crippen LogP contribution in [0.2, 0.25) is 0 Å². The monoisotopic (exact) mass is 183 g/mol. The van der Waals surface area contributed by atoms with Gasteiger partial charge in [0.05, 0.1) is 0 Å². The third-order valence-corrected chi connectivity index (χ3v) is 2.82. The Morgan fingerprint density at radius 3 is 2.92 bits per heavy atom. The summed E-state index contributed by atoms with van der Waals surface area (Å²) in [5, 5.41) is 1.00. The van der Waals surface area contributed by atoms with Gasteiger partial charge >= 0.3 is 0 Å². The number of nitrogens with zero attached hydrogens (tertiary/aromatic N) is 2. The number of hydrogen-bond donors (Lipinski definition) is 1. The predicted molar refractivity (Wildman–Crippen MR) is 52.2 cm³/mol. The fraction of sp³-hybridized carbons (Fsp3) is 0.500. The average Bonchev–Trinajstić information content (AvgIpc) is 2.08. The van der Waals surface area contributed by atoms with Gasteiger partial charge in [0.1, 0.15) is 17.2 Å². The molecule has 66 valence electrons. The van der Waals surface area contributed by atoms with Gasteiger partial charge in [-0.1, -0.05) is 6.92 Å². The second-order valence-electron chi connectivity index (χ2n) is 2.54. The second-order valence-corrected chi connectivity index (χ2v) is 3.62. The molecule has 0 fully saturated rings. The fourth-order valence-electron chi connectivity index (χ4n) is 0.791. The van der Waals surface area contributed by atoms with Crippen molar-refractivity contribution in [3.63, 3.8) is 0 Å². The molecule has 0 bridgehead atoms. The van der Waals surface area contributed by atoms with Crippen LogP contribution in [0.1, 0.15) is 18.9 Å². The molecule has 0 atom stereocenters. The Bertz CT molecular complexity index is 262. The minimum atomic E-state index is 0.587. The summed E-state index contributed by atoms with van der Waals surface area (Å²) < 4.78 is 0. The van der Waals surface area contributed by atoms with E-state index in [-0.39, 0.29) is 0 Å². The third-order valence-electron chi connectivity index (χ3n) is 1.52. The molecule has 0 aliphatic heterocycles. The minimum absolute atomic E-state index is 0.587. The highest BCUT2D eigenvalue weighted by Crippen LogP contribution is 2.22. The number of aromatic nitrogens is 2. The molecule has 0 radical (unpaired) electrons. The largest absolute Gasteiger partial charge is 0.383 e. The van der Waals surface area contributed by atoms with Gasteiger partial charge in [-0.3, -0.25) is 0 Å². The molecular formula is C8H13N3S. The first-order chi connectivity index (χ1) is 5.75. The van der Waals surface area contributed by atoms with Crippen molar-refractivity contribution in [2.45, 2.75) is 25.3 Å². The number of nitrogen functional groups attached to an aromatic ring is 1. The van der Waals surface area contributed by atoms with Crippen molar-refractivity contribution in [1.82, 2.24) is 9.97 Å². The zero-order chi connectivity index (χ0) is 8.97. The zero-order valence-electron chi connectivity index (χ0n) is 7.37. The Kier molecular flexibility index (Phi) is 3.34. The van der Waals surface area contributed by atoms with Crippen LogP contribution in [0.5, 0.6) is 0 Å². The van der Waals surface area contributed by atoms with Crippen molar-refractivity contribution in [3.8, 4) is 0 Å². The van der Waals surface area contributed by atoms with Gasteiger partial charge in [0.2, 0.25) is 0 Å². The molecule has 3 nitrogen and oxygen atoms in total. The maximum absolute atomic E-state index is 5.63. The molecule has 1 aromatic heterocycles. The van der Waals surface area contributed by atoms with Crippen LogP contribution in [-0.4, -0.2) is 15.7 Å². The van der Waals surface area contributed by atoms with Crippen LogP contribution in [0, 0.1) is 6.92 Å². The van der Waals surface area contributed by atoms with Gasteiger partial charge in [-0.2, -0.15) is 0 Å². The molecule has 0 amide bonds. The van der Waals surface area contributed by atoms with Crippen LogP contribution in [0.3, 0.4) is 0 Å². The summed E-state index contributed by atoms with van der Waals surface area (Å²) in [6.45, 7) is 4.10. The molecule has 1 rings (SSSR count). The fourth-order valence-corrected chi connectivity index (χ4v) is 1.63. The molecule has 0 aromatic carbocycles. The quantitative estimate of drug-likeness (QED) is 0.574. The lowest BCUT2D eigenvalue weighted by molar-refractivity contribution is 1.01. The van der Waals surface area contributed by atoms with Crippen LogP contribution in [0.25, 0.3) is 0 Å². The summed E-state index contributed by atoms with van der Waals surface area (Å²) in [5.41, 5.74) is 6.62. The molecule has 12 heavy (non-hydrogen) atoms. The van der Waals surface area contributed by atoms with Gasteiger partial charge in [0, 0.05) is 5.56 Å². The first-order valence-corrected chi connectivity index (χ1v) is 4.94. The minimum Gasteiger partial charge on any atom is -0.383 e. The Morgan fingerprint density at radius 2 is 2.25 bits per heavy atom. The molecule has 0 spiro atoms. The third kappa shape index (κ3) is 2.11. The maximum Gasteiger partial charge on any atom is 0.130 e. The number of anilines is 1. The average molecular weight is 183 g/mol. The van der Waals surface area contributed by atoms with Crippen LogP contribution in [-0.2, 0) is 0 Å². The maximum atomic E-state index is 5.63. The summed E-state index contributed by atoms with van der Waals surface area (Å²) in [4.78, 5) is 8.05. The highest BCUT2D eigenvalue weighted by atomic mass is 32.2. The lowest BCUT2D eigenvalue weighted by Gasteiger charge is -2.03. The summed E-state index contributed by atoms with van der Waals surface area (Å²) in [6, 6.07) is 0. The SMILES string of the molecule is CCCSc1ncnc(N)c1C. The first kappa shape index (κ1) is 9.32. The Balaban J connectivity index is 2.78. The summed E-state index contributed by atoms with van der Waals surface area (Å²) in [7, 11) is 0. The van der Waals surface area contributed by atoms with E-state index in [2.05, 4.69) is 16.9 Å². The summed E-state index contributed by atoms with van der Waals surface area (Å²) in [5.74, 6) is 1.67. The van der Waals surface area contributed by atoms with Crippen molar-refractivity contribution < 1.29 is 0 Å². The van der Waals surface area contributed by atoms with E-state index in [1.54, 1.807) is 11.8 Å². The molecule has 1 aromatic rings. The van der Waals surface area contributed by atoms with Gasteiger partial charge in [0.15, 0.2) is 0 Å². The van der Waals surface area contributed by atoms with Gasteiger partial charge in [-0.05, 0) is 19.1 Å². The normalized spacial score (nSPS) is 10.2. The van der Waals surface area contributed by atoms with Crippen molar-refractivity contribution in [2.24, 2.45) is 0 Å². The molecule has 0 aliphatic carbocycles. The van der Waals surface area contributed by atoms with E-state index in [0.29, 0.717) is 5.82 Å². The number of rotatable bonds is 3. The molecular weight excluding hydrogens is 170 g/mol. The number of hydrogen-bond acceptors (Lipinski definition) is 4. The van der Waals surface area contributed by atoms with Crippen molar-refractivity contribution >= 4 is 17.6 Å². The van der Waals surface area contributed by atoms with E-state index in [1.165, 1.54) is 6.33 Å². The van der Waals surface area contributed by atoms with E-state index in [4.69, 9.17) is 5.73 Å². The first-order valence-electron chi connectivity index (χ1n) is 3.95. The lowest BCUT2D eigenvalue weighted by Crippen LogP contribution is -1.97. The molecule has 0 saturated heterocycles. The topological polar surface area (TPSA) is 51.8 Å². The van der Waals surface area contributed by atoms with E-state index < -0.39 is 0 Å². The van der Waals surface area contributed by atoms with Crippen LogP contribution < -0.4 is 5.73 Å². The van der Waals surface area contributed by atoms with Gasteiger partial charge in [0.25, 0.3) is 0 Å². The van der Waals surface area contributed by atoms with Gasteiger partial charge < -0.3 is 5.73 Å². The molecule has 0 aliphatic rings. The van der Waals surface area contributed by atoms with Gasteiger partial charge in [-0.15, -0.1) is 11.8 Å². The lowest BCUT2D eigenvalue weighted by atomic mass is 10.4. The van der Waals surface area contributed by atoms with Crippen LogP contribution in [0.4, 0.5) is 5.82 Å². The molecule has 4 heteroatoms. The van der Waals surface area contributed by atoms with E-state index in [0.717, 1.165) is 22.8 Å². The second kappa shape index (κ2) is 4.30. The van der Waals surface area contributed by atoms with E-state index in [9.17, 15) is 0 Å². The molecule has 0 saturated carbocycles. The zero-order valence-corrected chi connectivity index (χ0v) is 8.19. The number of nitrogens with two attached hydrogens (primary N) is 1. The van der Waals surface area contributed by atoms with E-state index >= 15 is 0 Å². The van der Waals surface area contributed by atoms with Crippen LogP contribution in [0.15, 0.2) is 11.4 Å². The summed E-state index contributed by atoms with van der Waals surface area (Å²) in [6.07, 6.45) is 2.66. The van der Waals surface area contributed by atoms with Crippen molar-refractivity contribution in [2.75, 3.05) is 11.5 Å². The van der Waals surface area contributed by atoms with Gasteiger partial charge in [-0.25, -0.2) is 9.97 Å². The van der Waals surface area contributed by atoms with Crippen LogP contribution >= 0.6 is 11.8 Å². The summed E-state index contributed by atoms with van der Waals surface area (Å²) >= 11 is 1.73. The molecule has 0 unspecified atom stereocenters. The number of thioether (sulfide) groups is 1. The highest BCUT2D eigenvalue weighted by molar-refractivity contribution is 7.99. The Morgan fingerprint density at radius 1 is 1.50 bits per heavy atom. The standard InChI is InChI=1S/C8H13N3S/c1-3-4-12-8-6(2)7(9)10-5-11-8/h5H,3-4H2,1-2H3,(H2,9,10,11). The smallest absolute Gasteiger partial charge is 0.130 e. The van der Waals surface area contributed by atoms with E-state index in [1.807, 2.05) is 6.92 Å². The van der Waals surface area contributed by atoms with Crippen molar-refractivity contribution in [3.05, 3.63) is 11.9 Å². The molecule has 1 heterocycles.